The molecule has 0 aliphatic heterocycles. The van der Waals surface area contributed by atoms with Crippen LogP contribution in [0.3, 0.4) is 0 Å². The maximum atomic E-state index is 4.99. The zero-order valence-electron chi connectivity index (χ0n) is 11.8. The zero-order chi connectivity index (χ0) is 13.4. The van der Waals surface area contributed by atoms with Gasteiger partial charge in [-0.05, 0) is 19.3 Å². The minimum Gasteiger partial charge on any atom is -0.383 e. The van der Waals surface area contributed by atoms with Crippen LogP contribution in [-0.4, -0.2) is 36.8 Å². The van der Waals surface area contributed by atoms with Gasteiger partial charge in [-0.1, -0.05) is 13.8 Å². The summed E-state index contributed by atoms with van der Waals surface area (Å²) in [7, 11) is 1.69. The van der Waals surface area contributed by atoms with Crippen molar-refractivity contribution < 1.29 is 4.74 Å². The smallest absolute Gasteiger partial charge is 0.131 e. The molecule has 0 spiro atoms. The number of ether oxygens (including phenoxy) is 1. The van der Waals surface area contributed by atoms with Crippen molar-refractivity contribution in [3.05, 3.63) is 11.9 Å². The Morgan fingerprint density at radius 1 is 1.17 bits per heavy atom. The van der Waals surface area contributed by atoms with Crippen molar-refractivity contribution in [3.63, 3.8) is 0 Å². The summed E-state index contributed by atoms with van der Waals surface area (Å²) in [4.78, 5) is 8.70. The number of nitrogens with zero attached hydrogens (tertiary/aromatic N) is 2. The number of hydrogen-bond acceptors (Lipinski definition) is 5. The first-order valence-electron chi connectivity index (χ1n) is 6.44. The second-order valence-corrected chi connectivity index (χ2v) is 4.71. The van der Waals surface area contributed by atoms with Gasteiger partial charge in [0.05, 0.1) is 6.61 Å². The molecule has 0 bridgehead atoms. The first-order valence-corrected chi connectivity index (χ1v) is 6.44. The van der Waals surface area contributed by atoms with Crippen molar-refractivity contribution in [2.45, 2.75) is 27.2 Å². The minimum absolute atomic E-state index is 0.666. The Hall–Kier alpha value is -1.36. The predicted octanol–water partition coefficient (Wildman–Crippen LogP) is 2.30. The van der Waals surface area contributed by atoms with Crippen LogP contribution in [0.4, 0.5) is 11.6 Å². The van der Waals surface area contributed by atoms with Gasteiger partial charge in [0.2, 0.25) is 0 Å². The van der Waals surface area contributed by atoms with Gasteiger partial charge in [0.25, 0.3) is 0 Å². The Labute approximate surface area is 109 Å². The van der Waals surface area contributed by atoms with Crippen LogP contribution in [0.2, 0.25) is 0 Å². The molecule has 0 saturated heterocycles. The van der Waals surface area contributed by atoms with Crippen LogP contribution in [0.25, 0.3) is 0 Å². The van der Waals surface area contributed by atoms with E-state index in [4.69, 9.17) is 4.74 Å². The summed E-state index contributed by atoms with van der Waals surface area (Å²) in [6.07, 6.45) is 1.13. The lowest BCUT2D eigenvalue weighted by Gasteiger charge is -2.10. The van der Waals surface area contributed by atoms with E-state index >= 15 is 0 Å². The molecular weight excluding hydrogens is 228 g/mol. The summed E-state index contributed by atoms with van der Waals surface area (Å²) >= 11 is 0. The number of hydrogen-bond donors (Lipinski definition) is 2. The third-order valence-electron chi connectivity index (χ3n) is 2.48. The SMILES string of the molecule is COCCNc1cc(NCCC(C)C)nc(C)n1. The van der Waals surface area contributed by atoms with Crippen LogP contribution in [0.5, 0.6) is 0 Å². The van der Waals surface area contributed by atoms with Crippen molar-refractivity contribution in [1.29, 1.82) is 0 Å². The summed E-state index contributed by atoms with van der Waals surface area (Å²) in [5.74, 6) is 3.18. The van der Waals surface area contributed by atoms with Crippen molar-refractivity contribution in [1.82, 2.24) is 9.97 Å². The van der Waals surface area contributed by atoms with E-state index < -0.39 is 0 Å². The highest BCUT2D eigenvalue weighted by atomic mass is 16.5. The molecule has 5 nitrogen and oxygen atoms in total. The van der Waals surface area contributed by atoms with Crippen molar-refractivity contribution in [3.8, 4) is 0 Å². The van der Waals surface area contributed by atoms with Gasteiger partial charge in [-0.3, -0.25) is 0 Å². The summed E-state index contributed by atoms with van der Waals surface area (Å²) in [5.41, 5.74) is 0. The fourth-order valence-corrected chi connectivity index (χ4v) is 1.52. The monoisotopic (exact) mass is 252 g/mol. The Morgan fingerprint density at radius 3 is 2.33 bits per heavy atom. The Balaban J connectivity index is 2.51. The third-order valence-corrected chi connectivity index (χ3v) is 2.48. The number of methoxy groups -OCH3 is 1. The Kier molecular flexibility index (Phi) is 6.43. The maximum Gasteiger partial charge on any atom is 0.131 e. The van der Waals surface area contributed by atoms with Gasteiger partial charge in [-0.25, -0.2) is 9.97 Å². The van der Waals surface area contributed by atoms with Crippen LogP contribution >= 0.6 is 0 Å². The highest BCUT2D eigenvalue weighted by molar-refractivity contribution is 5.47. The highest BCUT2D eigenvalue weighted by Crippen LogP contribution is 2.11. The van der Waals surface area contributed by atoms with E-state index in [1.165, 1.54) is 0 Å². The van der Waals surface area contributed by atoms with E-state index in [1.807, 2.05) is 13.0 Å². The zero-order valence-corrected chi connectivity index (χ0v) is 11.8. The second-order valence-electron chi connectivity index (χ2n) is 4.71. The topological polar surface area (TPSA) is 59.1 Å². The van der Waals surface area contributed by atoms with E-state index in [0.29, 0.717) is 12.5 Å². The standard InChI is InChI=1S/C13H24N4O/c1-10(2)5-6-14-12-9-13(15-7-8-18-4)17-11(3)16-12/h9-10H,5-8H2,1-4H3,(H2,14,15,16,17). The Bertz CT molecular complexity index is 355. The van der Waals surface area contributed by atoms with Gasteiger partial charge in [0.1, 0.15) is 17.5 Å². The van der Waals surface area contributed by atoms with Crippen LogP contribution in [0.15, 0.2) is 6.07 Å². The van der Waals surface area contributed by atoms with Gasteiger partial charge in [-0.15, -0.1) is 0 Å². The van der Waals surface area contributed by atoms with Crippen LogP contribution in [-0.2, 0) is 4.74 Å². The summed E-state index contributed by atoms with van der Waals surface area (Å²) < 4.78 is 4.99. The molecule has 18 heavy (non-hydrogen) atoms. The minimum atomic E-state index is 0.666. The van der Waals surface area contributed by atoms with E-state index in [0.717, 1.165) is 37.0 Å². The van der Waals surface area contributed by atoms with Crippen LogP contribution < -0.4 is 10.6 Å². The van der Waals surface area contributed by atoms with Gasteiger partial charge in [-0.2, -0.15) is 0 Å². The van der Waals surface area contributed by atoms with Crippen molar-refractivity contribution >= 4 is 11.6 Å². The molecule has 0 aliphatic rings. The summed E-state index contributed by atoms with van der Waals surface area (Å²) in [6.45, 7) is 8.67. The molecule has 0 fully saturated rings. The average molecular weight is 252 g/mol. The Morgan fingerprint density at radius 2 is 1.78 bits per heavy atom. The molecule has 0 unspecified atom stereocenters. The highest BCUT2D eigenvalue weighted by Gasteiger charge is 2.01. The summed E-state index contributed by atoms with van der Waals surface area (Å²) in [5, 5.41) is 6.54. The molecule has 0 saturated carbocycles. The van der Waals surface area contributed by atoms with Crippen molar-refractivity contribution in [2.24, 2.45) is 5.92 Å². The third kappa shape index (κ3) is 5.82. The number of aromatic nitrogens is 2. The molecule has 1 heterocycles. The van der Waals surface area contributed by atoms with Crippen LogP contribution in [0, 0.1) is 12.8 Å². The number of nitrogens with one attached hydrogen (secondary N) is 2. The van der Waals surface area contributed by atoms with Crippen LogP contribution in [0.1, 0.15) is 26.1 Å². The molecule has 1 rings (SSSR count). The fraction of sp³-hybridized carbons (Fsp3) is 0.692. The molecule has 1 aromatic rings. The molecule has 0 aliphatic carbocycles. The van der Waals surface area contributed by atoms with E-state index in [9.17, 15) is 0 Å². The molecular formula is C13H24N4O. The van der Waals surface area contributed by atoms with E-state index in [-0.39, 0.29) is 0 Å². The van der Waals surface area contributed by atoms with Crippen molar-refractivity contribution in [2.75, 3.05) is 37.4 Å². The molecule has 0 aromatic carbocycles. The van der Waals surface area contributed by atoms with Gasteiger partial charge in [0, 0.05) is 26.3 Å². The number of aryl methyl sites for hydroxylation is 1. The fourth-order valence-electron chi connectivity index (χ4n) is 1.52. The quantitative estimate of drug-likeness (QED) is 0.695. The average Bonchev–Trinajstić information content (AvgIpc) is 2.28. The van der Waals surface area contributed by atoms with Gasteiger partial charge in [0.15, 0.2) is 0 Å². The lowest BCUT2D eigenvalue weighted by atomic mass is 10.1. The number of anilines is 2. The molecule has 5 heteroatoms. The molecule has 0 atom stereocenters. The second kappa shape index (κ2) is 7.87. The first-order chi connectivity index (χ1) is 8.61. The first kappa shape index (κ1) is 14.7. The normalized spacial score (nSPS) is 10.7. The van der Waals surface area contributed by atoms with Gasteiger partial charge < -0.3 is 15.4 Å². The molecule has 102 valence electrons. The largest absolute Gasteiger partial charge is 0.383 e. The summed E-state index contributed by atoms with van der Waals surface area (Å²) in [6, 6.07) is 1.93. The van der Waals surface area contributed by atoms with E-state index in [2.05, 4.69) is 34.4 Å². The van der Waals surface area contributed by atoms with Gasteiger partial charge >= 0.3 is 0 Å². The lowest BCUT2D eigenvalue weighted by molar-refractivity contribution is 0.210. The number of rotatable bonds is 8. The van der Waals surface area contributed by atoms with E-state index in [1.54, 1.807) is 7.11 Å². The molecule has 2 N–H and O–H groups in total. The predicted molar refractivity (Wildman–Crippen MR) is 75.1 cm³/mol. The molecule has 1 aromatic heterocycles. The maximum absolute atomic E-state index is 4.99. The lowest BCUT2D eigenvalue weighted by Crippen LogP contribution is -2.12. The molecule has 0 amide bonds. The molecule has 0 radical (unpaired) electrons.